The molecule has 2 N–H and O–H groups in total. The van der Waals surface area contributed by atoms with Crippen molar-refractivity contribution in [3.05, 3.63) is 0 Å². The number of unbranched alkanes of at least 4 members (excludes halogenated alkanes) is 3. The molecular formula is C12H28N2O2S. The molecule has 0 fully saturated rings. The zero-order valence-electron chi connectivity index (χ0n) is 11.5. The van der Waals surface area contributed by atoms with E-state index >= 15 is 0 Å². The van der Waals surface area contributed by atoms with Crippen molar-refractivity contribution in [1.29, 1.82) is 0 Å². The predicted octanol–water partition coefficient (Wildman–Crippen LogP) is 1.87. The van der Waals surface area contributed by atoms with Gasteiger partial charge in [-0.25, -0.2) is 13.1 Å². The Labute approximate surface area is 107 Å². The van der Waals surface area contributed by atoms with Crippen molar-refractivity contribution in [2.24, 2.45) is 0 Å². The van der Waals surface area contributed by atoms with Crippen molar-refractivity contribution in [2.45, 2.75) is 58.4 Å². The molecule has 0 aliphatic rings. The van der Waals surface area contributed by atoms with Crippen LogP contribution >= 0.6 is 0 Å². The normalized spacial score (nSPS) is 13.8. The first-order chi connectivity index (χ1) is 7.95. The zero-order chi connectivity index (χ0) is 13.1. The Kier molecular flexibility index (Phi) is 9.78. The van der Waals surface area contributed by atoms with E-state index in [0.29, 0.717) is 12.6 Å². The van der Waals surface area contributed by atoms with Gasteiger partial charge in [0, 0.05) is 12.6 Å². The number of hydrogen-bond acceptors (Lipinski definition) is 3. The minimum absolute atomic E-state index is 0.522. The van der Waals surface area contributed by atoms with Crippen LogP contribution < -0.4 is 10.0 Å². The molecule has 1 atom stereocenters. The number of rotatable bonds is 11. The molecule has 0 rings (SSSR count). The summed E-state index contributed by atoms with van der Waals surface area (Å²) in [5.74, 6) is 0. The van der Waals surface area contributed by atoms with E-state index in [1.807, 2.05) is 0 Å². The van der Waals surface area contributed by atoms with Gasteiger partial charge in [0.05, 0.1) is 6.26 Å². The second-order valence-corrected chi connectivity index (χ2v) is 6.56. The van der Waals surface area contributed by atoms with Crippen molar-refractivity contribution < 1.29 is 8.42 Å². The van der Waals surface area contributed by atoms with Gasteiger partial charge in [-0.1, -0.05) is 32.6 Å². The molecule has 0 radical (unpaired) electrons. The summed E-state index contributed by atoms with van der Waals surface area (Å²) in [7, 11) is -3.02. The average molecular weight is 264 g/mol. The third-order valence-electron chi connectivity index (χ3n) is 2.70. The molecule has 0 spiro atoms. The van der Waals surface area contributed by atoms with Gasteiger partial charge in [-0.05, 0) is 26.3 Å². The first kappa shape index (κ1) is 16.9. The van der Waals surface area contributed by atoms with E-state index in [0.717, 1.165) is 13.0 Å². The summed E-state index contributed by atoms with van der Waals surface area (Å²) in [6, 6.07) is 0.532. The molecule has 0 heterocycles. The highest BCUT2D eigenvalue weighted by atomic mass is 32.2. The SMILES string of the molecule is CCCCCCC(C)NCCCNS(C)(=O)=O. The molecule has 0 bridgehead atoms. The van der Waals surface area contributed by atoms with Gasteiger partial charge in [0.2, 0.25) is 10.0 Å². The molecule has 5 heteroatoms. The highest BCUT2D eigenvalue weighted by Gasteiger charge is 2.02. The van der Waals surface area contributed by atoms with Crippen molar-refractivity contribution in [3.8, 4) is 0 Å². The summed E-state index contributed by atoms with van der Waals surface area (Å²) < 4.78 is 24.1. The van der Waals surface area contributed by atoms with Crippen LogP contribution in [0.3, 0.4) is 0 Å². The number of nitrogens with one attached hydrogen (secondary N) is 2. The molecule has 0 aromatic carbocycles. The van der Waals surface area contributed by atoms with Gasteiger partial charge in [0.25, 0.3) is 0 Å². The van der Waals surface area contributed by atoms with Gasteiger partial charge < -0.3 is 5.32 Å². The molecule has 0 aromatic heterocycles. The second-order valence-electron chi connectivity index (χ2n) is 4.72. The summed E-state index contributed by atoms with van der Waals surface area (Å²) >= 11 is 0. The van der Waals surface area contributed by atoms with Crippen molar-refractivity contribution in [2.75, 3.05) is 19.3 Å². The van der Waals surface area contributed by atoms with Gasteiger partial charge in [0.15, 0.2) is 0 Å². The van der Waals surface area contributed by atoms with Gasteiger partial charge in [-0.2, -0.15) is 0 Å². The maximum atomic E-state index is 10.8. The number of hydrogen-bond donors (Lipinski definition) is 2. The molecule has 4 nitrogen and oxygen atoms in total. The fraction of sp³-hybridized carbons (Fsp3) is 1.00. The molecule has 0 amide bonds. The highest BCUT2D eigenvalue weighted by Crippen LogP contribution is 2.04. The van der Waals surface area contributed by atoms with Crippen LogP contribution in [-0.4, -0.2) is 33.8 Å². The van der Waals surface area contributed by atoms with Crippen LogP contribution in [0.25, 0.3) is 0 Å². The third-order valence-corrected chi connectivity index (χ3v) is 3.43. The Hall–Kier alpha value is -0.130. The lowest BCUT2D eigenvalue weighted by Gasteiger charge is -2.13. The smallest absolute Gasteiger partial charge is 0.208 e. The Morgan fingerprint density at radius 2 is 1.76 bits per heavy atom. The summed E-state index contributed by atoms with van der Waals surface area (Å²) in [6.07, 6.45) is 8.44. The molecule has 0 aromatic rings. The highest BCUT2D eigenvalue weighted by molar-refractivity contribution is 7.88. The monoisotopic (exact) mass is 264 g/mol. The van der Waals surface area contributed by atoms with E-state index < -0.39 is 10.0 Å². The fourth-order valence-electron chi connectivity index (χ4n) is 1.67. The van der Waals surface area contributed by atoms with Crippen LogP contribution in [0.5, 0.6) is 0 Å². The van der Waals surface area contributed by atoms with Gasteiger partial charge in [-0.15, -0.1) is 0 Å². The zero-order valence-corrected chi connectivity index (χ0v) is 12.3. The van der Waals surface area contributed by atoms with Crippen molar-refractivity contribution in [1.82, 2.24) is 10.0 Å². The van der Waals surface area contributed by atoms with E-state index in [-0.39, 0.29) is 0 Å². The van der Waals surface area contributed by atoms with Crippen molar-refractivity contribution >= 4 is 10.0 Å². The molecule has 1 unspecified atom stereocenters. The summed E-state index contributed by atoms with van der Waals surface area (Å²) in [4.78, 5) is 0. The minimum atomic E-state index is -3.02. The van der Waals surface area contributed by atoms with Crippen LogP contribution in [0.15, 0.2) is 0 Å². The fourth-order valence-corrected chi connectivity index (χ4v) is 2.19. The van der Waals surface area contributed by atoms with E-state index in [1.165, 1.54) is 38.4 Å². The first-order valence-corrected chi connectivity index (χ1v) is 8.53. The molecule has 104 valence electrons. The molecule has 0 saturated carbocycles. The Morgan fingerprint density at radius 1 is 1.06 bits per heavy atom. The summed E-state index contributed by atoms with van der Waals surface area (Å²) in [5.41, 5.74) is 0. The minimum Gasteiger partial charge on any atom is -0.314 e. The average Bonchev–Trinajstić information content (AvgIpc) is 2.22. The van der Waals surface area contributed by atoms with Gasteiger partial charge in [0.1, 0.15) is 0 Å². The maximum Gasteiger partial charge on any atom is 0.208 e. The van der Waals surface area contributed by atoms with E-state index in [2.05, 4.69) is 23.9 Å². The Balaban J connectivity index is 3.30. The van der Waals surface area contributed by atoms with Crippen LogP contribution in [0.4, 0.5) is 0 Å². The molecule has 17 heavy (non-hydrogen) atoms. The quantitative estimate of drug-likeness (QED) is 0.560. The Bertz CT molecular complexity index is 266. The molecule has 0 aliphatic carbocycles. The van der Waals surface area contributed by atoms with Crippen LogP contribution in [0.2, 0.25) is 0 Å². The lowest BCUT2D eigenvalue weighted by molar-refractivity contribution is 0.477. The number of sulfonamides is 1. The standard InChI is InChI=1S/C12H28N2O2S/c1-4-5-6-7-9-12(2)13-10-8-11-14-17(3,15)16/h12-14H,4-11H2,1-3H3. The molecule has 0 saturated heterocycles. The lowest BCUT2D eigenvalue weighted by Crippen LogP contribution is -2.30. The van der Waals surface area contributed by atoms with Gasteiger partial charge in [-0.3, -0.25) is 0 Å². The summed E-state index contributed by atoms with van der Waals surface area (Å²) in [5, 5.41) is 3.41. The summed E-state index contributed by atoms with van der Waals surface area (Å²) in [6.45, 7) is 5.80. The molecular weight excluding hydrogens is 236 g/mol. The predicted molar refractivity (Wildman–Crippen MR) is 73.7 cm³/mol. The van der Waals surface area contributed by atoms with Crippen LogP contribution in [0.1, 0.15) is 52.4 Å². The van der Waals surface area contributed by atoms with E-state index in [9.17, 15) is 8.42 Å². The second kappa shape index (κ2) is 9.85. The lowest BCUT2D eigenvalue weighted by atomic mass is 10.1. The third kappa shape index (κ3) is 13.8. The van der Waals surface area contributed by atoms with Gasteiger partial charge >= 0.3 is 0 Å². The largest absolute Gasteiger partial charge is 0.314 e. The Morgan fingerprint density at radius 3 is 2.35 bits per heavy atom. The maximum absolute atomic E-state index is 10.8. The van der Waals surface area contributed by atoms with Crippen LogP contribution in [-0.2, 0) is 10.0 Å². The topological polar surface area (TPSA) is 58.2 Å². The first-order valence-electron chi connectivity index (χ1n) is 6.63. The van der Waals surface area contributed by atoms with Crippen molar-refractivity contribution in [3.63, 3.8) is 0 Å². The molecule has 0 aliphatic heterocycles. The van der Waals surface area contributed by atoms with Crippen LogP contribution in [0, 0.1) is 0 Å². The van der Waals surface area contributed by atoms with E-state index in [4.69, 9.17) is 0 Å². The van der Waals surface area contributed by atoms with E-state index in [1.54, 1.807) is 0 Å².